The van der Waals surface area contributed by atoms with Crippen molar-refractivity contribution in [3.63, 3.8) is 0 Å². The summed E-state index contributed by atoms with van der Waals surface area (Å²) in [5.41, 5.74) is 0. The van der Waals surface area contributed by atoms with Crippen LogP contribution in [-0.4, -0.2) is 26.6 Å². The van der Waals surface area contributed by atoms with Crippen molar-refractivity contribution >= 4 is 26.6 Å². The molecule has 0 aliphatic carbocycles. The first kappa shape index (κ1) is 9.16. The normalized spacial score (nSPS) is 7.60. The van der Waals surface area contributed by atoms with Gasteiger partial charge in [-0.3, -0.25) is 0 Å². The summed E-state index contributed by atoms with van der Waals surface area (Å²) in [7, 11) is 0. The molecule has 0 nitrogen and oxygen atoms in total. The minimum absolute atomic E-state index is 0. The van der Waals surface area contributed by atoms with Crippen molar-refractivity contribution in [1.82, 2.24) is 0 Å². The van der Waals surface area contributed by atoms with Gasteiger partial charge in [0.05, 0.1) is 0 Å². The van der Waals surface area contributed by atoms with E-state index in [9.17, 15) is 0 Å². The summed E-state index contributed by atoms with van der Waals surface area (Å²) >= 11 is 0. The zero-order valence-electron chi connectivity index (χ0n) is 3.65. The van der Waals surface area contributed by atoms with Gasteiger partial charge in [0.1, 0.15) is 0 Å². The van der Waals surface area contributed by atoms with Crippen LogP contribution in [0.1, 0.15) is 13.8 Å². The van der Waals surface area contributed by atoms with Crippen molar-refractivity contribution in [2.24, 2.45) is 0 Å². The number of allylic oxidation sites excluding steroid dienone is 2. The second kappa shape index (κ2) is 8.82. The van der Waals surface area contributed by atoms with Crippen LogP contribution in [-0.2, 0) is 0 Å². The van der Waals surface area contributed by atoms with Gasteiger partial charge in [0.15, 0.2) is 0 Å². The summed E-state index contributed by atoms with van der Waals surface area (Å²) in [5, 5.41) is 0. The topological polar surface area (TPSA) is 0 Å². The Morgan fingerprint density at radius 1 is 1.00 bits per heavy atom. The second-order valence-electron chi connectivity index (χ2n) is 0.667. The maximum atomic E-state index is 2.00. The second-order valence-corrected chi connectivity index (χ2v) is 0.667. The minimum atomic E-state index is 0. The summed E-state index contributed by atoms with van der Waals surface area (Å²) < 4.78 is 0. The Morgan fingerprint density at radius 2 is 1.20 bits per heavy atom. The molecule has 0 saturated carbocycles. The first-order valence-electron chi connectivity index (χ1n) is 1.49. The van der Waals surface area contributed by atoms with E-state index in [0.717, 1.165) is 0 Å². The Kier molecular flexibility index (Phi) is 16.2. The molecule has 0 aromatic heterocycles. The molecule has 5 heavy (non-hydrogen) atoms. The molecule has 0 amide bonds. The van der Waals surface area contributed by atoms with Gasteiger partial charge in [-0.2, -0.15) is 0 Å². The third-order valence-electron chi connectivity index (χ3n) is 0.333. The number of hydrogen-bond acceptors (Lipinski definition) is 0. The molecule has 0 fully saturated rings. The van der Waals surface area contributed by atoms with E-state index < -0.39 is 0 Å². The van der Waals surface area contributed by atoms with Crippen LogP contribution in [0.25, 0.3) is 0 Å². The van der Waals surface area contributed by atoms with Crippen LogP contribution in [0.15, 0.2) is 12.2 Å². The molecule has 0 unspecified atom stereocenters. The van der Waals surface area contributed by atoms with Crippen LogP contribution in [0.2, 0.25) is 0 Å². The zero-order valence-corrected chi connectivity index (χ0v) is 7.54. The van der Waals surface area contributed by atoms with Crippen molar-refractivity contribution in [2.45, 2.75) is 13.8 Å². The third-order valence-corrected chi connectivity index (χ3v) is 0.333. The molecule has 0 radical (unpaired) electrons. The summed E-state index contributed by atoms with van der Waals surface area (Å²) in [6, 6.07) is 0. The average molecular weight is 267 g/mol. The van der Waals surface area contributed by atoms with Gasteiger partial charge in [-0.05, 0) is 13.8 Å². The summed E-state index contributed by atoms with van der Waals surface area (Å²) in [6.07, 6.45) is 4.00. The molecule has 0 saturated heterocycles. The Bertz CT molecular complexity index is 18.8. The van der Waals surface area contributed by atoms with Gasteiger partial charge in [0.2, 0.25) is 0 Å². The Labute approximate surface area is 52.7 Å². The molecule has 0 bridgehead atoms. The molecule has 0 aliphatic rings. The van der Waals surface area contributed by atoms with E-state index in [2.05, 4.69) is 0 Å². The number of hydrogen-bond donors (Lipinski definition) is 0. The van der Waals surface area contributed by atoms with Gasteiger partial charge >= 0.3 is 26.6 Å². The molecule has 0 aliphatic heterocycles. The fraction of sp³-hybridized carbons (Fsp3) is 0.500. The third kappa shape index (κ3) is 12.0. The quantitative estimate of drug-likeness (QED) is 0.566. The number of rotatable bonds is 0. The summed E-state index contributed by atoms with van der Waals surface area (Å²) in [6.45, 7) is 4.00. The van der Waals surface area contributed by atoms with Gasteiger partial charge in [0, 0.05) is 0 Å². The van der Waals surface area contributed by atoms with Crippen LogP contribution in [0, 0.1) is 0 Å². The fourth-order valence-corrected chi connectivity index (χ4v) is 0. The van der Waals surface area contributed by atoms with E-state index >= 15 is 0 Å². The van der Waals surface area contributed by atoms with Gasteiger partial charge in [0.25, 0.3) is 0 Å². The molecule has 0 heterocycles. The molecule has 32 valence electrons. The van der Waals surface area contributed by atoms with Crippen molar-refractivity contribution in [3.05, 3.63) is 12.2 Å². The predicted octanol–water partition coefficient (Wildman–Crippen LogP) is 0.666. The first-order chi connectivity index (χ1) is 1.91. The van der Waals surface area contributed by atoms with Crippen LogP contribution in [0.4, 0.5) is 0 Å². The molecule has 0 rings (SSSR count). The van der Waals surface area contributed by atoms with E-state index in [4.69, 9.17) is 0 Å². The van der Waals surface area contributed by atoms with Crippen LogP contribution in [0.5, 0.6) is 0 Å². The summed E-state index contributed by atoms with van der Waals surface area (Å²) in [5.74, 6) is 0. The van der Waals surface area contributed by atoms with Crippen molar-refractivity contribution < 1.29 is 0 Å². The molecule has 1 heteroatoms. The summed E-state index contributed by atoms with van der Waals surface area (Å²) in [4.78, 5) is 0. The molecular formula is C4H10Po. The van der Waals surface area contributed by atoms with Gasteiger partial charge in [-0.15, -0.1) is 0 Å². The molecule has 0 spiro atoms. The Balaban J connectivity index is 0. The van der Waals surface area contributed by atoms with E-state index in [0.29, 0.717) is 0 Å². The van der Waals surface area contributed by atoms with Crippen molar-refractivity contribution in [1.29, 1.82) is 0 Å². The monoisotopic (exact) mass is 267 g/mol. The van der Waals surface area contributed by atoms with Crippen LogP contribution in [0.3, 0.4) is 0 Å². The molecule has 0 atom stereocenters. The fourth-order valence-electron chi connectivity index (χ4n) is 0. The molecule has 0 N–H and O–H groups in total. The molecule has 0 aromatic carbocycles. The van der Waals surface area contributed by atoms with Gasteiger partial charge in [-0.25, -0.2) is 0 Å². The average Bonchev–Trinajstić information content (AvgIpc) is 1.37. The zero-order chi connectivity index (χ0) is 3.41. The van der Waals surface area contributed by atoms with Crippen LogP contribution >= 0.6 is 0 Å². The Hall–Kier alpha value is 0.636. The standard InChI is InChI=1S/C4H8.Po.2H/c1-3-4-2;;;/h3-4H,1-2H3;;;. The maximum absolute atomic E-state index is 2.00. The predicted molar refractivity (Wildman–Crippen MR) is 29.0 cm³/mol. The molecule has 0 aromatic rings. The van der Waals surface area contributed by atoms with Gasteiger partial charge < -0.3 is 0 Å². The Morgan fingerprint density at radius 3 is 1.20 bits per heavy atom. The van der Waals surface area contributed by atoms with Crippen molar-refractivity contribution in [3.8, 4) is 0 Å². The first-order valence-corrected chi connectivity index (χ1v) is 1.49. The van der Waals surface area contributed by atoms with E-state index in [1.165, 1.54) is 0 Å². The van der Waals surface area contributed by atoms with Gasteiger partial charge in [-0.1, -0.05) is 12.2 Å². The van der Waals surface area contributed by atoms with E-state index in [1.54, 1.807) is 0 Å². The SMILES string of the molecule is CC=CC.[PoH2]. The van der Waals surface area contributed by atoms with Crippen molar-refractivity contribution in [2.75, 3.05) is 0 Å². The van der Waals surface area contributed by atoms with Crippen LogP contribution < -0.4 is 0 Å². The van der Waals surface area contributed by atoms with E-state index in [1.807, 2.05) is 26.0 Å². The van der Waals surface area contributed by atoms with E-state index in [-0.39, 0.29) is 26.6 Å². The molecular weight excluding hydrogens is 257 g/mol.